The molecule has 102 valence electrons. The standard InChI is InChI=1S/C16H23N3/c1-3-11-19-12-10-18-16(19)15(17)14(4-2)13-8-6-5-7-9-13/h5-10,12,14-15H,3-4,11,17H2,1-2H3. The van der Waals surface area contributed by atoms with Crippen LogP contribution in [0.25, 0.3) is 0 Å². The first-order valence-electron chi connectivity index (χ1n) is 7.09. The maximum Gasteiger partial charge on any atom is 0.126 e. The maximum absolute atomic E-state index is 6.47. The van der Waals surface area contributed by atoms with Gasteiger partial charge in [0, 0.05) is 24.9 Å². The topological polar surface area (TPSA) is 43.8 Å². The zero-order valence-electron chi connectivity index (χ0n) is 11.8. The van der Waals surface area contributed by atoms with Crippen molar-refractivity contribution in [2.75, 3.05) is 0 Å². The molecular weight excluding hydrogens is 234 g/mol. The fourth-order valence-electron chi connectivity index (χ4n) is 2.63. The number of hydrogen-bond acceptors (Lipinski definition) is 2. The van der Waals surface area contributed by atoms with Gasteiger partial charge in [-0.25, -0.2) is 4.98 Å². The second-order valence-electron chi connectivity index (χ2n) is 4.93. The number of benzene rings is 1. The van der Waals surface area contributed by atoms with Crippen molar-refractivity contribution in [3.63, 3.8) is 0 Å². The van der Waals surface area contributed by atoms with Crippen LogP contribution < -0.4 is 5.73 Å². The van der Waals surface area contributed by atoms with Gasteiger partial charge >= 0.3 is 0 Å². The molecule has 1 aromatic heterocycles. The third-order valence-electron chi connectivity index (χ3n) is 3.61. The Morgan fingerprint density at radius 2 is 1.95 bits per heavy atom. The van der Waals surface area contributed by atoms with Crippen LogP contribution in [0.2, 0.25) is 0 Å². The van der Waals surface area contributed by atoms with Crippen LogP contribution >= 0.6 is 0 Å². The number of rotatable bonds is 6. The number of aromatic nitrogens is 2. The minimum absolute atomic E-state index is 0.0473. The Morgan fingerprint density at radius 3 is 2.58 bits per heavy atom. The van der Waals surface area contributed by atoms with E-state index in [2.05, 4.69) is 47.7 Å². The summed E-state index contributed by atoms with van der Waals surface area (Å²) in [5.74, 6) is 1.32. The molecule has 0 saturated heterocycles. The lowest BCUT2D eigenvalue weighted by atomic mass is 9.89. The van der Waals surface area contributed by atoms with Crippen molar-refractivity contribution in [1.82, 2.24) is 9.55 Å². The third kappa shape index (κ3) is 3.04. The first-order valence-corrected chi connectivity index (χ1v) is 7.09. The molecule has 2 aromatic rings. The first-order chi connectivity index (χ1) is 9.27. The Bertz CT molecular complexity index is 490. The molecule has 2 rings (SSSR count). The predicted molar refractivity (Wildman–Crippen MR) is 78.9 cm³/mol. The van der Waals surface area contributed by atoms with Crippen molar-refractivity contribution >= 4 is 0 Å². The Labute approximate surface area is 115 Å². The van der Waals surface area contributed by atoms with Crippen molar-refractivity contribution in [3.05, 3.63) is 54.1 Å². The van der Waals surface area contributed by atoms with Gasteiger partial charge in [0.05, 0.1) is 6.04 Å². The Morgan fingerprint density at radius 1 is 1.21 bits per heavy atom. The van der Waals surface area contributed by atoms with E-state index in [9.17, 15) is 0 Å². The average Bonchev–Trinajstić information content (AvgIpc) is 2.89. The van der Waals surface area contributed by atoms with E-state index in [1.807, 2.05) is 18.5 Å². The Hall–Kier alpha value is -1.61. The van der Waals surface area contributed by atoms with Crippen molar-refractivity contribution in [2.45, 2.75) is 45.2 Å². The van der Waals surface area contributed by atoms with Crippen molar-refractivity contribution in [2.24, 2.45) is 5.73 Å². The number of nitrogens with two attached hydrogens (primary N) is 1. The van der Waals surface area contributed by atoms with Gasteiger partial charge in [0.25, 0.3) is 0 Å². The molecule has 0 aliphatic heterocycles. The van der Waals surface area contributed by atoms with Gasteiger partial charge in [0.15, 0.2) is 0 Å². The highest BCUT2D eigenvalue weighted by Gasteiger charge is 2.23. The van der Waals surface area contributed by atoms with Gasteiger partial charge in [-0.05, 0) is 18.4 Å². The summed E-state index contributed by atoms with van der Waals surface area (Å²) >= 11 is 0. The summed E-state index contributed by atoms with van der Waals surface area (Å²) < 4.78 is 2.18. The number of imidazole rings is 1. The minimum atomic E-state index is -0.0473. The normalized spacial score (nSPS) is 14.3. The summed E-state index contributed by atoms with van der Waals surface area (Å²) in [6, 6.07) is 10.4. The van der Waals surface area contributed by atoms with Gasteiger partial charge in [0.1, 0.15) is 5.82 Å². The van der Waals surface area contributed by atoms with Crippen LogP contribution in [-0.2, 0) is 6.54 Å². The van der Waals surface area contributed by atoms with Gasteiger partial charge in [-0.3, -0.25) is 0 Å². The molecular formula is C16H23N3. The van der Waals surface area contributed by atoms with Crippen LogP contribution in [0.4, 0.5) is 0 Å². The van der Waals surface area contributed by atoms with E-state index in [-0.39, 0.29) is 6.04 Å². The number of hydrogen-bond donors (Lipinski definition) is 1. The summed E-state index contributed by atoms with van der Waals surface area (Å²) in [6.45, 7) is 5.34. The largest absolute Gasteiger partial charge is 0.334 e. The molecule has 2 unspecified atom stereocenters. The Balaban J connectivity index is 2.25. The maximum atomic E-state index is 6.47. The second kappa shape index (κ2) is 6.53. The molecule has 0 saturated carbocycles. The molecule has 1 aromatic carbocycles. The van der Waals surface area contributed by atoms with Crippen LogP contribution in [0, 0.1) is 0 Å². The summed E-state index contributed by atoms with van der Waals surface area (Å²) in [5.41, 5.74) is 7.77. The molecule has 1 heterocycles. The van der Waals surface area contributed by atoms with Crippen molar-refractivity contribution in [1.29, 1.82) is 0 Å². The van der Waals surface area contributed by atoms with Gasteiger partial charge < -0.3 is 10.3 Å². The summed E-state index contributed by atoms with van der Waals surface area (Å²) in [5, 5.41) is 0. The van der Waals surface area contributed by atoms with Crippen LogP contribution in [0.5, 0.6) is 0 Å². The van der Waals surface area contributed by atoms with Crippen LogP contribution in [0.15, 0.2) is 42.7 Å². The lowest BCUT2D eigenvalue weighted by molar-refractivity contribution is 0.485. The quantitative estimate of drug-likeness (QED) is 0.861. The van der Waals surface area contributed by atoms with E-state index in [1.54, 1.807) is 0 Å². The minimum Gasteiger partial charge on any atom is -0.334 e. The second-order valence-corrected chi connectivity index (χ2v) is 4.93. The van der Waals surface area contributed by atoms with Crippen LogP contribution in [0.3, 0.4) is 0 Å². The molecule has 0 aliphatic rings. The highest BCUT2D eigenvalue weighted by atomic mass is 15.1. The molecule has 0 radical (unpaired) electrons. The molecule has 19 heavy (non-hydrogen) atoms. The molecule has 3 nitrogen and oxygen atoms in total. The molecule has 2 atom stereocenters. The molecule has 3 heteroatoms. The predicted octanol–water partition coefficient (Wildman–Crippen LogP) is 3.49. The zero-order valence-corrected chi connectivity index (χ0v) is 11.8. The van der Waals surface area contributed by atoms with Crippen molar-refractivity contribution < 1.29 is 0 Å². The van der Waals surface area contributed by atoms with Gasteiger partial charge in [0.2, 0.25) is 0 Å². The monoisotopic (exact) mass is 257 g/mol. The van der Waals surface area contributed by atoms with E-state index in [0.717, 1.165) is 25.2 Å². The van der Waals surface area contributed by atoms with E-state index in [4.69, 9.17) is 5.73 Å². The van der Waals surface area contributed by atoms with Gasteiger partial charge in [-0.15, -0.1) is 0 Å². The fourth-order valence-corrected chi connectivity index (χ4v) is 2.63. The smallest absolute Gasteiger partial charge is 0.126 e. The lowest BCUT2D eigenvalue weighted by Crippen LogP contribution is -2.23. The number of aryl methyl sites for hydroxylation is 1. The van der Waals surface area contributed by atoms with Crippen LogP contribution in [-0.4, -0.2) is 9.55 Å². The molecule has 0 bridgehead atoms. The van der Waals surface area contributed by atoms with Crippen molar-refractivity contribution in [3.8, 4) is 0 Å². The highest BCUT2D eigenvalue weighted by Crippen LogP contribution is 2.30. The summed E-state index contributed by atoms with van der Waals surface area (Å²) in [6.07, 6.45) is 5.99. The molecule has 0 spiro atoms. The van der Waals surface area contributed by atoms with Gasteiger partial charge in [-0.2, -0.15) is 0 Å². The third-order valence-corrected chi connectivity index (χ3v) is 3.61. The molecule has 0 aliphatic carbocycles. The summed E-state index contributed by atoms with van der Waals surface area (Å²) in [4.78, 5) is 4.47. The highest BCUT2D eigenvalue weighted by molar-refractivity contribution is 5.23. The molecule has 0 amide bonds. The Kier molecular flexibility index (Phi) is 4.74. The SMILES string of the molecule is CCCn1ccnc1C(N)C(CC)c1ccccc1. The summed E-state index contributed by atoms with van der Waals surface area (Å²) in [7, 11) is 0. The number of nitrogens with zero attached hydrogens (tertiary/aromatic N) is 2. The fraction of sp³-hybridized carbons (Fsp3) is 0.438. The average molecular weight is 257 g/mol. The molecule has 2 N–H and O–H groups in total. The van der Waals surface area contributed by atoms with Gasteiger partial charge in [-0.1, -0.05) is 44.2 Å². The van der Waals surface area contributed by atoms with Crippen LogP contribution in [0.1, 0.15) is 50.0 Å². The lowest BCUT2D eigenvalue weighted by Gasteiger charge is -2.23. The molecule has 0 fully saturated rings. The zero-order chi connectivity index (χ0) is 13.7. The van der Waals surface area contributed by atoms with E-state index < -0.39 is 0 Å². The van der Waals surface area contributed by atoms with E-state index in [1.165, 1.54) is 5.56 Å². The first kappa shape index (κ1) is 13.8. The van der Waals surface area contributed by atoms with E-state index in [0.29, 0.717) is 5.92 Å². The van der Waals surface area contributed by atoms with E-state index >= 15 is 0 Å².